The molecule has 0 radical (unpaired) electrons. The maximum Gasteiger partial charge on any atom is 0.127 e. The summed E-state index contributed by atoms with van der Waals surface area (Å²) >= 11 is 0. The number of ether oxygens (including phenoxy) is 2. The molecular weight excluding hydrogens is 428 g/mol. The minimum atomic E-state index is -0.157. The molecule has 0 N–H and O–H groups in total. The zero-order chi connectivity index (χ0) is 24.7. The van der Waals surface area contributed by atoms with Gasteiger partial charge in [-0.15, -0.1) is 13.2 Å². The third-order valence-electron chi connectivity index (χ3n) is 6.23. The predicted octanol–water partition coefficient (Wildman–Crippen LogP) is 9.05. The van der Waals surface area contributed by atoms with Gasteiger partial charge in [-0.05, 0) is 83.6 Å². The van der Waals surface area contributed by atoms with Crippen molar-refractivity contribution < 1.29 is 9.47 Å². The maximum atomic E-state index is 6.03. The van der Waals surface area contributed by atoms with Gasteiger partial charge >= 0.3 is 0 Å². The van der Waals surface area contributed by atoms with Crippen LogP contribution in [0.1, 0.15) is 36.1 Å². The van der Waals surface area contributed by atoms with E-state index in [4.69, 9.17) is 9.47 Å². The average Bonchev–Trinajstić information content (AvgIpc) is 2.87. The summed E-state index contributed by atoms with van der Waals surface area (Å²) in [6, 6.07) is 32.9. The number of benzene rings is 4. The van der Waals surface area contributed by atoms with E-state index in [0.29, 0.717) is 0 Å². The largest absolute Gasteiger partial charge is 0.457 e. The topological polar surface area (TPSA) is 18.5 Å². The van der Waals surface area contributed by atoms with Crippen molar-refractivity contribution in [1.29, 1.82) is 0 Å². The summed E-state index contributed by atoms with van der Waals surface area (Å²) in [7, 11) is 0. The van der Waals surface area contributed by atoms with E-state index in [1.807, 2.05) is 60.7 Å². The van der Waals surface area contributed by atoms with Gasteiger partial charge in [0.25, 0.3) is 0 Å². The standard InChI is InChI=1S/C33H32O2/c1-5-7-25-9-17-29(18-10-25)34-31-21-13-27(14-22-31)33(3,4)28-15-23-32(24-16-28)35-30-19-11-26(8-6-2)12-20-30/h5-6,9-24H,1-2,7-8H2,3-4H3. The lowest BCUT2D eigenvalue weighted by Gasteiger charge is -2.26. The summed E-state index contributed by atoms with van der Waals surface area (Å²) in [5.74, 6) is 3.30. The Balaban J connectivity index is 1.41. The van der Waals surface area contributed by atoms with Gasteiger partial charge in [0, 0.05) is 5.41 Å². The lowest BCUT2D eigenvalue weighted by Crippen LogP contribution is -2.18. The van der Waals surface area contributed by atoms with Crippen molar-refractivity contribution in [2.75, 3.05) is 0 Å². The summed E-state index contributed by atoms with van der Waals surface area (Å²) < 4.78 is 12.1. The highest BCUT2D eigenvalue weighted by atomic mass is 16.5. The fourth-order valence-corrected chi connectivity index (χ4v) is 4.04. The van der Waals surface area contributed by atoms with Crippen LogP contribution in [0, 0.1) is 0 Å². The quantitative estimate of drug-likeness (QED) is 0.220. The fraction of sp³-hybridized carbons (Fsp3) is 0.152. The highest BCUT2D eigenvalue weighted by Crippen LogP contribution is 2.34. The van der Waals surface area contributed by atoms with E-state index in [0.717, 1.165) is 35.8 Å². The van der Waals surface area contributed by atoms with Gasteiger partial charge in [0.05, 0.1) is 0 Å². The van der Waals surface area contributed by atoms with Gasteiger partial charge in [0.1, 0.15) is 23.0 Å². The molecule has 4 aromatic rings. The normalized spacial score (nSPS) is 11.0. The smallest absolute Gasteiger partial charge is 0.127 e. The van der Waals surface area contributed by atoms with E-state index < -0.39 is 0 Å². The van der Waals surface area contributed by atoms with Crippen molar-refractivity contribution in [3.8, 4) is 23.0 Å². The lowest BCUT2D eigenvalue weighted by atomic mass is 9.78. The van der Waals surface area contributed by atoms with Gasteiger partial charge in [-0.2, -0.15) is 0 Å². The second-order valence-corrected chi connectivity index (χ2v) is 9.15. The molecule has 4 rings (SSSR count). The third kappa shape index (κ3) is 6.10. The van der Waals surface area contributed by atoms with Gasteiger partial charge in [-0.1, -0.05) is 74.5 Å². The van der Waals surface area contributed by atoms with Gasteiger partial charge in [-0.3, -0.25) is 0 Å². The second-order valence-electron chi connectivity index (χ2n) is 9.15. The van der Waals surface area contributed by atoms with Crippen LogP contribution in [0.3, 0.4) is 0 Å². The fourth-order valence-electron chi connectivity index (χ4n) is 4.04. The van der Waals surface area contributed by atoms with E-state index in [2.05, 4.69) is 75.5 Å². The van der Waals surface area contributed by atoms with Gasteiger partial charge < -0.3 is 9.47 Å². The van der Waals surface area contributed by atoms with Crippen LogP contribution in [-0.2, 0) is 18.3 Å². The molecule has 176 valence electrons. The molecule has 0 fully saturated rings. The Morgan fingerprint density at radius 3 is 1.09 bits per heavy atom. The van der Waals surface area contributed by atoms with Crippen molar-refractivity contribution in [2.24, 2.45) is 0 Å². The van der Waals surface area contributed by atoms with Crippen molar-refractivity contribution in [3.63, 3.8) is 0 Å². The second kappa shape index (κ2) is 10.9. The molecule has 0 unspecified atom stereocenters. The Bertz CT molecular complexity index is 1150. The minimum Gasteiger partial charge on any atom is -0.457 e. The van der Waals surface area contributed by atoms with Crippen LogP contribution < -0.4 is 9.47 Å². The van der Waals surface area contributed by atoms with Crippen LogP contribution >= 0.6 is 0 Å². The Hall–Kier alpha value is -4.04. The number of rotatable bonds is 10. The molecule has 0 spiro atoms. The van der Waals surface area contributed by atoms with Crippen LogP contribution in [-0.4, -0.2) is 0 Å². The van der Waals surface area contributed by atoms with Crippen LogP contribution in [0.5, 0.6) is 23.0 Å². The summed E-state index contributed by atoms with van der Waals surface area (Å²) in [5, 5.41) is 0. The molecule has 0 aliphatic carbocycles. The molecule has 35 heavy (non-hydrogen) atoms. The molecule has 2 heteroatoms. The molecule has 2 nitrogen and oxygen atoms in total. The molecule has 0 atom stereocenters. The Labute approximate surface area is 209 Å². The molecule has 0 bridgehead atoms. The maximum absolute atomic E-state index is 6.03. The number of allylic oxidation sites excluding steroid dienone is 2. The molecule has 0 aromatic heterocycles. The lowest BCUT2D eigenvalue weighted by molar-refractivity contribution is 0.481. The van der Waals surface area contributed by atoms with Crippen LogP contribution in [0.25, 0.3) is 0 Å². The molecule has 0 aliphatic rings. The molecule has 0 amide bonds. The van der Waals surface area contributed by atoms with Crippen LogP contribution in [0.4, 0.5) is 0 Å². The summed E-state index contributed by atoms with van der Waals surface area (Å²) in [4.78, 5) is 0. The average molecular weight is 461 g/mol. The van der Waals surface area contributed by atoms with E-state index in [9.17, 15) is 0 Å². The molecule has 0 saturated carbocycles. The monoisotopic (exact) mass is 460 g/mol. The summed E-state index contributed by atoms with van der Waals surface area (Å²) in [6.45, 7) is 12.0. The molecule has 0 heterocycles. The Morgan fingerprint density at radius 1 is 0.514 bits per heavy atom. The third-order valence-corrected chi connectivity index (χ3v) is 6.23. The summed E-state index contributed by atoms with van der Waals surface area (Å²) in [6.07, 6.45) is 5.53. The van der Waals surface area contributed by atoms with E-state index in [1.165, 1.54) is 22.3 Å². The van der Waals surface area contributed by atoms with Crippen molar-refractivity contribution in [1.82, 2.24) is 0 Å². The van der Waals surface area contributed by atoms with Crippen molar-refractivity contribution in [2.45, 2.75) is 32.1 Å². The Morgan fingerprint density at radius 2 is 0.800 bits per heavy atom. The first-order valence-electron chi connectivity index (χ1n) is 11.9. The molecule has 4 aromatic carbocycles. The van der Waals surface area contributed by atoms with E-state index in [-0.39, 0.29) is 5.41 Å². The van der Waals surface area contributed by atoms with Gasteiger partial charge in [-0.25, -0.2) is 0 Å². The summed E-state index contributed by atoms with van der Waals surface area (Å²) in [5.41, 5.74) is 4.73. The first-order chi connectivity index (χ1) is 17.0. The predicted molar refractivity (Wildman–Crippen MR) is 146 cm³/mol. The highest BCUT2D eigenvalue weighted by molar-refractivity contribution is 5.44. The van der Waals surface area contributed by atoms with Crippen LogP contribution in [0.2, 0.25) is 0 Å². The van der Waals surface area contributed by atoms with Crippen molar-refractivity contribution in [3.05, 3.63) is 145 Å². The molecule has 0 aliphatic heterocycles. The first-order valence-corrected chi connectivity index (χ1v) is 11.9. The zero-order valence-electron chi connectivity index (χ0n) is 20.5. The number of hydrogen-bond donors (Lipinski definition) is 0. The number of hydrogen-bond acceptors (Lipinski definition) is 2. The minimum absolute atomic E-state index is 0.157. The SMILES string of the molecule is C=CCc1ccc(Oc2ccc(C(C)(C)c3ccc(Oc4ccc(CC=C)cc4)cc3)cc2)cc1. The zero-order valence-corrected chi connectivity index (χ0v) is 20.5. The van der Waals surface area contributed by atoms with Gasteiger partial charge in [0.2, 0.25) is 0 Å². The van der Waals surface area contributed by atoms with E-state index >= 15 is 0 Å². The van der Waals surface area contributed by atoms with E-state index in [1.54, 1.807) is 0 Å². The van der Waals surface area contributed by atoms with Crippen LogP contribution in [0.15, 0.2) is 122 Å². The highest BCUT2D eigenvalue weighted by Gasteiger charge is 2.23. The molecule has 0 saturated heterocycles. The van der Waals surface area contributed by atoms with Gasteiger partial charge in [0.15, 0.2) is 0 Å². The van der Waals surface area contributed by atoms with Crippen molar-refractivity contribution >= 4 is 0 Å². The first kappa shape index (κ1) is 24.1. The Kier molecular flexibility index (Phi) is 7.52. The molecular formula is C33H32O2.